The number of nitrogen functional groups attached to an aromatic ring is 1. The SMILES string of the molecule is CCCC(C)c1noc(N)c1C(C)C. The van der Waals surface area contributed by atoms with Crippen molar-refractivity contribution in [3.8, 4) is 0 Å². The van der Waals surface area contributed by atoms with Gasteiger partial charge in [-0.25, -0.2) is 0 Å². The van der Waals surface area contributed by atoms with E-state index in [4.69, 9.17) is 10.3 Å². The first-order chi connectivity index (χ1) is 6.57. The van der Waals surface area contributed by atoms with E-state index in [0.29, 0.717) is 17.7 Å². The van der Waals surface area contributed by atoms with Gasteiger partial charge in [-0.2, -0.15) is 0 Å². The summed E-state index contributed by atoms with van der Waals surface area (Å²) in [7, 11) is 0. The molecule has 1 aromatic rings. The van der Waals surface area contributed by atoms with Crippen molar-refractivity contribution in [2.75, 3.05) is 5.73 Å². The molecule has 14 heavy (non-hydrogen) atoms. The van der Waals surface area contributed by atoms with E-state index in [-0.39, 0.29) is 0 Å². The van der Waals surface area contributed by atoms with Crippen LogP contribution in [-0.2, 0) is 0 Å². The molecule has 0 aliphatic heterocycles. The smallest absolute Gasteiger partial charge is 0.225 e. The first-order valence-electron chi connectivity index (χ1n) is 5.32. The van der Waals surface area contributed by atoms with Crippen LogP contribution in [0.1, 0.15) is 63.6 Å². The summed E-state index contributed by atoms with van der Waals surface area (Å²) in [5.74, 6) is 1.31. The predicted octanol–water partition coefficient (Wildman–Crippen LogP) is 3.28. The fourth-order valence-electron chi connectivity index (χ4n) is 1.83. The number of nitrogens with two attached hydrogens (primary N) is 1. The minimum atomic E-state index is 0.385. The molecule has 0 bridgehead atoms. The fourth-order valence-corrected chi connectivity index (χ4v) is 1.83. The molecule has 3 nitrogen and oxygen atoms in total. The number of hydrogen-bond acceptors (Lipinski definition) is 3. The van der Waals surface area contributed by atoms with Gasteiger partial charge in [0.1, 0.15) is 0 Å². The lowest BCUT2D eigenvalue weighted by Gasteiger charge is -2.10. The fraction of sp³-hybridized carbons (Fsp3) is 0.727. The molecule has 80 valence electrons. The highest BCUT2D eigenvalue weighted by molar-refractivity contribution is 5.42. The Balaban J connectivity index is 2.96. The molecule has 0 fully saturated rings. The van der Waals surface area contributed by atoms with E-state index < -0.39 is 0 Å². The zero-order valence-electron chi connectivity index (χ0n) is 9.50. The minimum Gasteiger partial charge on any atom is -0.367 e. The second-order valence-corrected chi connectivity index (χ2v) is 4.19. The van der Waals surface area contributed by atoms with E-state index >= 15 is 0 Å². The van der Waals surface area contributed by atoms with Crippen molar-refractivity contribution in [2.45, 2.75) is 52.4 Å². The van der Waals surface area contributed by atoms with E-state index in [1.165, 1.54) is 0 Å². The molecule has 0 saturated carbocycles. The Hall–Kier alpha value is -0.990. The van der Waals surface area contributed by atoms with Crippen LogP contribution in [0.2, 0.25) is 0 Å². The van der Waals surface area contributed by atoms with Gasteiger partial charge < -0.3 is 10.3 Å². The van der Waals surface area contributed by atoms with E-state index in [9.17, 15) is 0 Å². The Bertz CT molecular complexity index is 291. The summed E-state index contributed by atoms with van der Waals surface area (Å²) < 4.78 is 5.05. The van der Waals surface area contributed by atoms with Gasteiger partial charge in [0.25, 0.3) is 0 Å². The molecule has 1 unspecified atom stereocenters. The number of aromatic nitrogens is 1. The van der Waals surface area contributed by atoms with Gasteiger partial charge in [0.05, 0.1) is 5.69 Å². The third-order valence-corrected chi connectivity index (χ3v) is 2.55. The summed E-state index contributed by atoms with van der Waals surface area (Å²) in [6.07, 6.45) is 2.29. The van der Waals surface area contributed by atoms with Gasteiger partial charge in [0.2, 0.25) is 5.88 Å². The van der Waals surface area contributed by atoms with Crippen LogP contribution in [0.3, 0.4) is 0 Å². The topological polar surface area (TPSA) is 52.0 Å². The first-order valence-corrected chi connectivity index (χ1v) is 5.32. The molecule has 1 aromatic heterocycles. The molecule has 1 heterocycles. The summed E-state index contributed by atoms with van der Waals surface area (Å²) in [4.78, 5) is 0. The van der Waals surface area contributed by atoms with Crippen LogP contribution < -0.4 is 5.73 Å². The van der Waals surface area contributed by atoms with Crippen molar-refractivity contribution in [1.29, 1.82) is 0 Å². The van der Waals surface area contributed by atoms with Crippen molar-refractivity contribution in [3.05, 3.63) is 11.3 Å². The summed E-state index contributed by atoms with van der Waals surface area (Å²) in [5, 5.41) is 4.06. The summed E-state index contributed by atoms with van der Waals surface area (Å²) in [5.41, 5.74) is 7.88. The maximum absolute atomic E-state index is 5.75. The summed E-state index contributed by atoms with van der Waals surface area (Å²) >= 11 is 0. The van der Waals surface area contributed by atoms with Gasteiger partial charge in [-0.05, 0) is 12.3 Å². The monoisotopic (exact) mass is 196 g/mol. The molecule has 0 aliphatic rings. The Morgan fingerprint density at radius 1 is 1.36 bits per heavy atom. The lowest BCUT2D eigenvalue weighted by Crippen LogP contribution is -2.01. The maximum Gasteiger partial charge on any atom is 0.225 e. The van der Waals surface area contributed by atoms with Crippen LogP contribution >= 0.6 is 0 Å². The maximum atomic E-state index is 5.75. The third-order valence-electron chi connectivity index (χ3n) is 2.55. The summed E-state index contributed by atoms with van der Waals surface area (Å²) in [6, 6.07) is 0. The second kappa shape index (κ2) is 4.49. The highest BCUT2D eigenvalue weighted by Gasteiger charge is 2.20. The molecule has 3 heteroatoms. The molecule has 0 spiro atoms. The number of hydrogen-bond donors (Lipinski definition) is 1. The van der Waals surface area contributed by atoms with Crippen LogP contribution in [-0.4, -0.2) is 5.16 Å². The Kier molecular flexibility index (Phi) is 3.55. The van der Waals surface area contributed by atoms with Crippen molar-refractivity contribution >= 4 is 5.88 Å². The molecule has 0 aromatic carbocycles. The highest BCUT2D eigenvalue weighted by atomic mass is 16.5. The van der Waals surface area contributed by atoms with Crippen LogP contribution in [0.15, 0.2) is 4.52 Å². The zero-order valence-corrected chi connectivity index (χ0v) is 9.50. The number of nitrogens with zero attached hydrogens (tertiary/aromatic N) is 1. The molecule has 0 radical (unpaired) electrons. The van der Waals surface area contributed by atoms with E-state index in [2.05, 4.69) is 32.9 Å². The van der Waals surface area contributed by atoms with Crippen LogP contribution in [0, 0.1) is 0 Å². The molecule has 1 rings (SSSR count). The van der Waals surface area contributed by atoms with Crippen LogP contribution in [0.5, 0.6) is 0 Å². The third kappa shape index (κ3) is 2.08. The van der Waals surface area contributed by atoms with Crippen LogP contribution in [0.25, 0.3) is 0 Å². The highest BCUT2D eigenvalue weighted by Crippen LogP contribution is 2.32. The van der Waals surface area contributed by atoms with Gasteiger partial charge in [-0.15, -0.1) is 0 Å². The minimum absolute atomic E-state index is 0.385. The molecule has 0 aliphatic carbocycles. The molecule has 0 saturated heterocycles. The molecular formula is C11H20N2O. The predicted molar refractivity (Wildman–Crippen MR) is 58.3 cm³/mol. The van der Waals surface area contributed by atoms with Crippen molar-refractivity contribution in [1.82, 2.24) is 5.16 Å². The van der Waals surface area contributed by atoms with Crippen molar-refractivity contribution < 1.29 is 4.52 Å². The average Bonchev–Trinajstić information content (AvgIpc) is 2.47. The zero-order chi connectivity index (χ0) is 10.7. The van der Waals surface area contributed by atoms with Crippen LogP contribution in [0.4, 0.5) is 5.88 Å². The van der Waals surface area contributed by atoms with E-state index in [1.807, 2.05) is 0 Å². The molecule has 2 N–H and O–H groups in total. The van der Waals surface area contributed by atoms with Crippen molar-refractivity contribution in [2.24, 2.45) is 0 Å². The Morgan fingerprint density at radius 3 is 2.50 bits per heavy atom. The lowest BCUT2D eigenvalue weighted by atomic mass is 9.93. The second-order valence-electron chi connectivity index (χ2n) is 4.19. The van der Waals surface area contributed by atoms with E-state index in [0.717, 1.165) is 24.1 Å². The molecule has 1 atom stereocenters. The lowest BCUT2D eigenvalue weighted by molar-refractivity contribution is 0.419. The van der Waals surface area contributed by atoms with Gasteiger partial charge in [0, 0.05) is 11.5 Å². The van der Waals surface area contributed by atoms with Gasteiger partial charge in [-0.1, -0.05) is 39.3 Å². The van der Waals surface area contributed by atoms with Gasteiger partial charge in [-0.3, -0.25) is 0 Å². The Labute approximate surface area is 85.7 Å². The standard InChI is InChI=1S/C11H20N2O/c1-5-6-8(4)10-9(7(2)3)11(12)14-13-10/h7-8H,5-6,12H2,1-4H3. The Morgan fingerprint density at radius 2 is 2.00 bits per heavy atom. The number of rotatable bonds is 4. The van der Waals surface area contributed by atoms with Gasteiger partial charge in [0.15, 0.2) is 0 Å². The van der Waals surface area contributed by atoms with Gasteiger partial charge >= 0.3 is 0 Å². The molecule has 0 amide bonds. The number of anilines is 1. The van der Waals surface area contributed by atoms with E-state index in [1.54, 1.807) is 0 Å². The quantitative estimate of drug-likeness (QED) is 0.804. The average molecular weight is 196 g/mol. The summed E-state index contributed by atoms with van der Waals surface area (Å²) in [6.45, 7) is 8.58. The normalized spacial score (nSPS) is 13.5. The van der Waals surface area contributed by atoms with Crippen molar-refractivity contribution in [3.63, 3.8) is 0 Å². The largest absolute Gasteiger partial charge is 0.367 e. The first kappa shape index (κ1) is 11.1. The molecular weight excluding hydrogens is 176 g/mol.